The van der Waals surface area contributed by atoms with Crippen LogP contribution in [0.15, 0.2) is 29.2 Å². The van der Waals surface area contributed by atoms with Gasteiger partial charge in [-0.2, -0.15) is 0 Å². The van der Waals surface area contributed by atoms with E-state index < -0.39 is 16.0 Å². The van der Waals surface area contributed by atoms with Crippen molar-refractivity contribution in [1.29, 1.82) is 0 Å². The molecule has 0 unspecified atom stereocenters. The smallest absolute Gasteiger partial charge is 0.306 e. The number of hydrogen-bond donors (Lipinski definition) is 0. The molecule has 0 N–H and O–H groups in total. The zero-order valence-electron chi connectivity index (χ0n) is 13.8. The fourth-order valence-corrected chi connectivity index (χ4v) is 2.71. The van der Waals surface area contributed by atoms with Gasteiger partial charge in [-0.05, 0) is 31.2 Å². The zero-order chi connectivity index (χ0) is 17.6. The molecule has 7 nitrogen and oxygen atoms in total. The normalized spacial score (nSPS) is 11.3. The van der Waals surface area contributed by atoms with Crippen LogP contribution in [0.5, 0.6) is 0 Å². The van der Waals surface area contributed by atoms with Gasteiger partial charge in [0, 0.05) is 33.3 Å². The third-order valence-electron chi connectivity index (χ3n) is 3.23. The van der Waals surface area contributed by atoms with Crippen LogP contribution in [-0.4, -0.2) is 52.3 Å². The van der Waals surface area contributed by atoms with Gasteiger partial charge < -0.3 is 9.64 Å². The van der Waals surface area contributed by atoms with Crippen LogP contribution in [0.3, 0.4) is 0 Å². The Morgan fingerprint density at radius 3 is 2.09 bits per heavy atom. The van der Waals surface area contributed by atoms with Gasteiger partial charge in [0.1, 0.15) is 0 Å². The van der Waals surface area contributed by atoms with E-state index in [0.29, 0.717) is 5.69 Å². The van der Waals surface area contributed by atoms with Crippen LogP contribution in [0.25, 0.3) is 0 Å². The molecule has 0 atom stereocenters. The topological polar surface area (TPSA) is 84.0 Å². The summed E-state index contributed by atoms with van der Waals surface area (Å²) in [6.07, 6.45) is 0.0528. The predicted octanol–water partition coefficient (Wildman–Crippen LogP) is 1.24. The Morgan fingerprint density at radius 2 is 1.61 bits per heavy atom. The van der Waals surface area contributed by atoms with Crippen LogP contribution in [-0.2, 0) is 24.3 Å². The summed E-state index contributed by atoms with van der Waals surface area (Å²) in [7, 11) is 0.979. The summed E-state index contributed by atoms with van der Waals surface area (Å²) in [6.45, 7) is 1.99. The molecule has 0 saturated carbocycles. The molecule has 0 aliphatic heterocycles. The van der Waals surface area contributed by atoms with Crippen molar-refractivity contribution in [2.75, 3.05) is 32.6 Å². The van der Waals surface area contributed by atoms with Crippen molar-refractivity contribution in [2.24, 2.45) is 0 Å². The van der Waals surface area contributed by atoms with Crippen molar-refractivity contribution in [3.05, 3.63) is 24.3 Å². The predicted molar refractivity (Wildman–Crippen MR) is 86.6 cm³/mol. The van der Waals surface area contributed by atoms with Crippen molar-refractivity contribution < 1.29 is 22.7 Å². The average molecular weight is 342 g/mol. The number of nitrogens with zero attached hydrogens (tertiary/aromatic N) is 2. The van der Waals surface area contributed by atoms with Crippen LogP contribution in [0, 0.1) is 0 Å². The first-order valence-corrected chi connectivity index (χ1v) is 8.59. The quantitative estimate of drug-likeness (QED) is 0.696. The zero-order valence-corrected chi connectivity index (χ0v) is 14.6. The fourth-order valence-electron chi connectivity index (χ4n) is 1.81. The summed E-state index contributed by atoms with van der Waals surface area (Å²) >= 11 is 0. The first-order chi connectivity index (χ1) is 10.7. The SMILES string of the molecule is CCOC(=O)CCC(=O)N(C)c1ccc(S(=O)(=O)N(C)C)cc1. The van der Waals surface area contributed by atoms with Crippen molar-refractivity contribution in [1.82, 2.24) is 4.31 Å². The monoisotopic (exact) mass is 342 g/mol. The first-order valence-electron chi connectivity index (χ1n) is 7.15. The summed E-state index contributed by atoms with van der Waals surface area (Å²) in [5.41, 5.74) is 0.552. The summed E-state index contributed by atoms with van der Waals surface area (Å²) in [5, 5.41) is 0. The van der Waals surface area contributed by atoms with E-state index in [1.807, 2.05) is 0 Å². The number of hydrogen-bond acceptors (Lipinski definition) is 5. The van der Waals surface area contributed by atoms with Crippen LogP contribution < -0.4 is 4.90 Å². The molecular formula is C15H22N2O5S. The number of sulfonamides is 1. The highest BCUT2D eigenvalue weighted by Gasteiger charge is 2.18. The van der Waals surface area contributed by atoms with E-state index in [9.17, 15) is 18.0 Å². The Labute approximate surface area is 136 Å². The third-order valence-corrected chi connectivity index (χ3v) is 5.05. The highest BCUT2D eigenvalue weighted by Crippen LogP contribution is 2.19. The Hall–Kier alpha value is -1.93. The summed E-state index contributed by atoms with van der Waals surface area (Å²) in [6, 6.07) is 6.00. The first kappa shape index (κ1) is 19.1. The van der Waals surface area contributed by atoms with Crippen LogP contribution >= 0.6 is 0 Å². The molecule has 1 aromatic rings. The molecule has 1 rings (SSSR count). The second-order valence-electron chi connectivity index (χ2n) is 5.04. The molecule has 128 valence electrons. The van der Waals surface area contributed by atoms with Crippen molar-refractivity contribution >= 4 is 27.6 Å². The molecule has 0 heterocycles. The minimum Gasteiger partial charge on any atom is -0.466 e. The van der Waals surface area contributed by atoms with E-state index in [-0.39, 0.29) is 30.3 Å². The number of carbonyl (C=O) groups is 2. The molecule has 0 aliphatic carbocycles. The summed E-state index contributed by atoms with van der Waals surface area (Å²) in [4.78, 5) is 24.8. The highest BCUT2D eigenvalue weighted by atomic mass is 32.2. The summed E-state index contributed by atoms with van der Waals surface area (Å²) in [5.74, 6) is -0.664. The van der Waals surface area contributed by atoms with E-state index in [1.165, 1.54) is 31.1 Å². The van der Waals surface area contributed by atoms with Gasteiger partial charge in [0.25, 0.3) is 0 Å². The highest BCUT2D eigenvalue weighted by molar-refractivity contribution is 7.89. The van der Waals surface area contributed by atoms with E-state index in [4.69, 9.17) is 4.74 Å². The molecule has 0 bridgehead atoms. The number of ether oxygens (including phenoxy) is 1. The molecular weight excluding hydrogens is 320 g/mol. The fraction of sp³-hybridized carbons (Fsp3) is 0.467. The minimum atomic E-state index is -3.50. The van der Waals surface area contributed by atoms with Crippen molar-refractivity contribution in [3.63, 3.8) is 0 Å². The van der Waals surface area contributed by atoms with Gasteiger partial charge in [-0.25, -0.2) is 12.7 Å². The molecule has 0 fully saturated rings. The van der Waals surface area contributed by atoms with E-state index in [0.717, 1.165) is 4.31 Å². The van der Waals surface area contributed by atoms with Gasteiger partial charge >= 0.3 is 5.97 Å². The molecule has 1 aromatic carbocycles. The lowest BCUT2D eigenvalue weighted by Crippen LogP contribution is -2.27. The summed E-state index contributed by atoms with van der Waals surface area (Å²) < 4.78 is 29.9. The molecule has 0 aromatic heterocycles. The Balaban J connectivity index is 2.76. The number of anilines is 1. The molecule has 0 radical (unpaired) electrons. The van der Waals surface area contributed by atoms with Gasteiger partial charge in [-0.1, -0.05) is 0 Å². The Bertz CT molecular complexity index is 653. The largest absolute Gasteiger partial charge is 0.466 e. The second kappa shape index (κ2) is 8.07. The van der Waals surface area contributed by atoms with Crippen LogP contribution in [0.4, 0.5) is 5.69 Å². The third kappa shape index (κ3) is 5.04. The van der Waals surface area contributed by atoms with E-state index in [2.05, 4.69) is 0 Å². The number of carbonyl (C=O) groups excluding carboxylic acids is 2. The lowest BCUT2D eigenvalue weighted by atomic mass is 10.2. The Kier molecular flexibility index (Phi) is 6.71. The van der Waals surface area contributed by atoms with E-state index >= 15 is 0 Å². The van der Waals surface area contributed by atoms with Crippen LogP contribution in [0.2, 0.25) is 0 Å². The number of rotatable bonds is 7. The van der Waals surface area contributed by atoms with Crippen molar-refractivity contribution in [3.8, 4) is 0 Å². The number of amides is 1. The number of esters is 1. The minimum absolute atomic E-state index is 0.0180. The molecule has 8 heteroatoms. The maximum absolute atomic E-state index is 12.0. The lowest BCUT2D eigenvalue weighted by Gasteiger charge is -2.18. The van der Waals surface area contributed by atoms with Gasteiger partial charge in [0.2, 0.25) is 15.9 Å². The molecule has 23 heavy (non-hydrogen) atoms. The number of benzene rings is 1. The maximum atomic E-state index is 12.0. The van der Waals surface area contributed by atoms with Crippen LogP contribution in [0.1, 0.15) is 19.8 Å². The van der Waals surface area contributed by atoms with Crippen molar-refractivity contribution in [2.45, 2.75) is 24.7 Å². The van der Waals surface area contributed by atoms with Gasteiger partial charge in [-0.15, -0.1) is 0 Å². The molecule has 0 aliphatic rings. The van der Waals surface area contributed by atoms with E-state index in [1.54, 1.807) is 26.1 Å². The van der Waals surface area contributed by atoms with Gasteiger partial charge in [0.05, 0.1) is 17.9 Å². The molecule has 0 saturated heterocycles. The average Bonchev–Trinajstić information content (AvgIpc) is 2.52. The molecule has 1 amide bonds. The standard InChI is InChI=1S/C15H22N2O5S/c1-5-22-15(19)11-10-14(18)17(4)12-6-8-13(9-7-12)23(20,21)16(2)3/h6-9H,5,10-11H2,1-4H3. The Morgan fingerprint density at radius 1 is 1.04 bits per heavy atom. The maximum Gasteiger partial charge on any atom is 0.306 e. The second-order valence-corrected chi connectivity index (χ2v) is 7.19. The van der Waals surface area contributed by atoms with Gasteiger partial charge in [-0.3, -0.25) is 9.59 Å². The lowest BCUT2D eigenvalue weighted by molar-refractivity contribution is -0.144. The molecule has 0 spiro atoms. The van der Waals surface area contributed by atoms with Gasteiger partial charge in [0.15, 0.2) is 0 Å².